The lowest BCUT2D eigenvalue weighted by Gasteiger charge is -2.12. The highest BCUT2D eigenvalue weighted by atomic mass is 16.3. The third kappa shape index (κ3) is 2.75. The highest BCUT2D eigenvalue weighted by Gasteiger charge is 2.10. The van der Waals surface area contributed by atoms with Crippen molar-refractivity contribution in [3.05, 3.63) is 36.0 Å². The molecule has 0 aliphatic heterocycles. The van der Waals surface area contributed by atoms with Gasteiger partial charge in [-0.25, -0.2) is 4.98 Å². The average Bonchev–Trinajstić information content (AvgIpc) is 2.76. The zero-order valence-corrected chi connectivity index (χ0v) is 10.2. The maximum Gasteiger partial charge on any atom is 0.147 e. The molecular formula is C12H16N4O. The Morgan fingerprint density at radius 1 is 1.24 bits per heavy atom. The van der Waals surface area contributed by atoms with Crippen LogP contribution in [0.5, 0.6) is 0 Å². The van der Waals surface area contributed by atoms with E-state index in [4.69, 9.17) is 4.42 Å². The molecule has 0 saturated carbocycles. The van der Waals surface area contributed by atoms with Crippen LogP contribution in [-0.2, 0) is 0 Å². The SMILES string of the molecule is CNc1cncc(NC(C)c2ccc(C)o2)n1. The third-order valence-electron chi connectivity index (χ3n) is 2.44. The van der Waals surface area contributed by atoms with Crippen molar-refractivity contribution in [1.82, 2.24) is 9.97 Å². The summed E-state index contributed by atoms with van der Waals surface area (Å²) in [5.74, 6) is 3.25. The number of anilines is 2. The second-order valence-electron chi connectivity index (χ2n) is 3.85. The largest absolute Gasteiger partial charge is 0.464 e. The molecule has 0 fully saturated rings. The van der Waals surface area contributed by atoms with Crippen molar-refractivity contribution in [3.63, 3.8) is 0 Å². The Balaban J connectivity index is 2.09. The molecule has 1 unspecified atom stereocenters. The van der Waals surface area contributed by atoms with Crippen molar-refractivity contribution < 1.29 is 4.42 Å². The molecule has 17 heavy (non-hydrogen) atoms. The predicted molar refractivity (Wildman–Crippen MR) is 67.1 cm³/mol. The molecule has 0 bridgehead atoms. The highest BCUT2D eigenvalue weighted by Crippen LogP contribution is 2.20. The summed E-state index contributed by atoms with van der Waals surface area (Å²) in [5.41, 5.74) is 0. The number of hydrogen-bond acceptors (Lipinski definition) is 5. The van der Waals surface area contributed by atoms with E-state index in [1.54, 1.807) is 12.4 Å². The molecule has 0 spiro atoms. The Hall–Kier alpha value is -2.04. The number of rotatable bonds is 4. The monoisotopic (exact) mass is 232 g/mol. The van der Waals surface area contributed by atoms with E-state index in [0.29, 0.717) is 0 Å². The number of nitrogens with zero attached hydrogens (tertiary/aromatic N) is 2. The van der Waals surface area contributed by atoms with Gasteiger partial charge in [0.2, 0.25) is 0 Å². The third-order valence-corrected chi connectivity index (χ3v) is 2.44. The molecular weight excluding hydrogens is 216 g/mol. The van der Waals surface area contributed by atoms with E-state index >= 15 is 0 Å². The second-order valence-corrected chi connectivity index (χ2v) is 3.85. The minimum atomic E-state index is 0.0603. The zero-order chi connectivity index (χ0) is 12.3. The van der Waals surface area contributed by atoms with Crippen LogP contribution in [0.15, 0.2) is 28.9 Å². The Morgan fingerprint density at radius 2 is 2.00 bits per heavy atom. The minimum absolute atomic E-state index is 0.0603. The molecule has 2 N–H and O–H groups in total. The van der Waals surface area contributed by atoms with Crippen LogP contribution in [0.25, 0.3) is 0 Å². The van der Waals surface area contributed by atoms with Gasteiger partial charge in [-0.15, -0.1) is 0 Å². The lowest BCUT2D eigenvalue weighted by molar-refractivity contribution is 0.466. The fraction of sp³-hybridized carbons (Fsp3) is 0.333. The molecule has 1 atom stereocenters. The smallest absolute Gasteiger partial charge is 0.147 e. The summed E-state index contributed by atoms with van der Waals surface area (Å²) < 4.78 is 5.55. The molecule has 0 saturated heterocycles. The van der Waals surface area contributed by atoms with Gasteiger partial charge in [-0.3, -0.25) is 4.98 Å². The molecule has 5 nitrogen and oxygen atoms in total. The van der Waals surface area contributed by atoms with Gasteiger partial charge in [-0.05, 0) is 26.0 Å². The Bertz CT molecular complexity index is 495. The summed E-state index contributed by atoms with van der Waals surface area (Å²) in [4.78, 5) is 8.43. The van der Waals surface area contributed by atoms with Gasteiger partial charge in [0.1, 0.15) is 23.2 Å². The molecule has 2 aromatic heterocycles. The van der Waals surface area contributed by atoms with Crippen LogP contribution >= 0.6 is 0 Å². The lowest BCUT2D eigenvalue weighted by Crippen LogP contribution is -2.08. The first-order valence-electron chi connectivity index (χ1n) is 5.51. The standard InChI is InChI=1S/C12H16N4O/c1-8-4-5-10(17-8)9(2)15-12-7-14-6-11(13-3)16-12/h4-7,9H,1-3H3,(H2,13,15,16). The van der Waals surface area contributed by atoms with Crippen molar-refractivity contribution in [1.29, 1.82) is 0 Å². The fourth-order valence-electron chi connectivity index (χ4n) is 1.54. The number of aryl methyl sites for hydroxylation is 1. The maximum absolute atomic E-state index is 5.55. The van der Waals surface area contributed by atoms with Gasteiger partial charge in [0.15, 0.2) is 0 Å². The molecule has 90 valence electrons. The molecule has 0 amide bonds. The average molecular weight is 232 g/mol. The van der Waals surface area contributed by atoms with Crippen LogP contribution in [-0.4, -0.2) is 17.0 Å². The highest BCUT2D eigenvalue weighted by molar-refractivity contribution is 5.42. The number of furan rings is 1. The van der Waals surface area contributed by atoms with Gasteiger partial charge in [-0.2, -0.15) is 0 Å². The van der Waals surface area contributed by atoms with E-state index in [-0.39, 0.29) is 6.04 Å². The zero-order valence-electron chi connectivity index (χ0n) is 10.2. The summed E-state index contributed by atoms with van der Waals surface area (Å²) in [5, 5.41) is 6.19. The van der Waals surface area contributed by atoms with Crippen molar-refractivity contribution in [3.8, 4) is 0 Å². The van der Waals surface area contributed by atoms with Crippen molar-refractivity contribution in [2.24, 2.45) is 0 Å². The van der Waals surface area contributed by atoms with Crippen LogP contribution < -0.4 is 10.6 Å². The summed E-state index contributed by atoms with van der Waals surface area (Å²) in [6.07, 6.45) is 3.36. The number of aromatic nitrogens is 2. The van der Waals surface area contributed by atoms with Gasteiger partial charge in [0.25, 0.3) is 0 Å². The van der Waals surface area contributed by atoms with Crippen molar-refractivity contribution in [2.75, 3.05) is 17.7 Å². The molecule has 0 aliphatic carbocycles. The molecule has 5 heteroatoms. The number of nitrogens with one attached hydrogen (secondary N) is 2. The van der Waals surface area contributed by atoms with Crippen molar-refractivity contribution >= 4 is 11.6 Å². The van der Waals surface area contributed by atoms with E-state index < -0.39 is 0 Å². The summed E-state index contributed by atoms with van der Waals surface area (Å²) in [6, 6.07) is 3.97. The van der Waals surface area contributed by atoms with Crippen LogP contribution in [0.1, 0.15) is 24.5 Å². The first-order valence-corrected chi connectivity index (χ1v) is 5.51. The van der Waals surface area contributed by atoms with Gasteiger partial charge < -0.3 is 15.1 Å². The molecule has 2 heterocycles. The maximum atomic E-state index is 5.55. The van der Waals surface area contributed by atoms with Gasteiger partial charge in [0, 0.05) is 7.05 Å². The van der Waals surface area contributed by atoms with Gasteiger partial charge in [0.05, 0.1) is 18.4 Å². The molecule has 2 rings (SSSR count). The summed E-state index contributed by atoms with van der Waals surface area (Å²) in [7, 11) is 1.81. The number of hydrogen-bond donors (Lipinski definition) is 2. The predicted octanol–water partition coefficient (Wildman–Crippen LogP) is 2.59. The van der Waals surface area contributed by atoms with Crippen LogP contribution in [0, 0.1) is 6.92 Å². The second kappa shape index (κ2) is 4.86. The Labute approximate surface area is 100 Å². The minimum Gasteiger partial charge on any atom is -0.464 e. The molecule has 0 aromatic carbocycles. The quantitative estimate of drug-likeness (QED) is 0.848. The summed E-state index contributed by atoms with van der Waals surface area (Å²) >= 11 is 0. The van der Waals surface area contributed by atoms with E-state index in [0.717, 1.165) is 23.2 Å². The van der Waals surface area contributed by atoms with E-state index in [1.807, 2.05) is 33.0 Å². The molecule has 2 aromatic rings. The fourth-order valence-corrected chi connectivity index (χ4v) is 1.54. The van der Waals surface area contributed by atoms with E-state index in [2.05, 4.69) is 20.6 Å². The van der Waals surface area contributed by atoms with Gasteiger partial charge >= 0.3 is 0 Å². The topological polar surface area (TPSA) is 63.0 Å². The Kier molecular flexibility index (Phi) is 3.27. The Morgan fingerprint density at radius 3 is 2.65 bits per heavy atom. The summed E-state index contributed by atoms with van der Waals surface area (Å²) in [6.45, 7) is 3.95. The first-order chi connectivity index (χ1) is 8.19. The molecule has 0 aliphatic rings. The van der Waals surface area contributed by atoms with Crippen LogP contribution in [0.3, 0.4) is 0 Å². The van der Waals surface area contributed by atoms with E-state index in [1.165, 1.54) is 0 Å². The molecule has 0 radical (unpaired) electrons. The van der Waals surface area contributed by atoms with Crippen molar-refractivity contribution in [2.45, 2.75) is 19.9 Å². The van der Waals surface area contributed by atoms with Crippen LogP contribution in [0.2, 0.25) is 0 Å². The lowest BCUT2D eigenvalue weighted by atomic mass is 10.2. The first kappa shape index (κ1) is 11.4. The van der Waals surface area contributed by atoms with Gasteiger partial charge in [-0.1, -0.05) is 0 Å². The van der Waals surface area contributed by atoms with Crippen LogP contribution in [0.4, 0.5) is 11.6 Å². The van der Waals surface area contributed by atoms with E-state index in [9.17, 15) is 0 Å². The normalized spacial score (nSPS) is 12.2.